The number of unbranched alkanes of at least 4 members (excludes halogenated alkanes) is 1. The minimum atomic E-state index is 0.217. The standard InChI is InChI=1S/C27H36N6O2/c1-3-4-17-28-25-31-26(29-18-16-21-9-6-5-7-10-21)33-27(32-25)30-23-14-12-22(13-15-23)20-24(34)11-8-19-35-2/h5-7,9-10,12-15H,3-4,8,11,16-20H2,1-2H3,(H3,28,29,30,31,32,33). The Labute approximate surface area is 208 Å². The zero-order chi connectivity index (χ0) is 24.7. The van der Waals surface area contributed by atoms with E-state index in [4.69, 9.17) is 4.74 Å². The lowest BCUT2D eigenvalue weighted by Crippen LogP contribution is -2.13. The predicted octanol–water partition coefficient (Wildman–Crippen LogP) is 5.02. The molecule has 0 radical (unpaired) electrons. The summed E-state index contributed by atoms with van der Waals surface area (Å²) in [6, 6.07) is 18.1. The third-order valence-electron chi connectivity index (χ3n) is 5.40. The second-order valence-electron chi connectivity index (χ2n) is 8.38. The highest BCUT2D eigenvalue weighted by Gasteiger charge is 2.08. The number of rotatable bonds is 16. The first-order valence-electron chi connectivity index (χ1n) is 12.3. The monoisotopic (exact) mass is 476 g/mol. The van der Waals surface area contributed by atoms with Crippen LogP contribution in [0.25, 0.3) is 0 Å². The first kappa shape index (κ1) is 26.1. The third kappa shape index (κ3) is 9.70. The van der Waals surface area contributed by atoms with E-state index in [2.05, 4.69) is 50.0 Å². The van der Waals surface area contributed by atoms with Crippen molar-refractivity contribution in [3.63, 3.8) is 0 Å². The summed E-state index contributed by atoms with van der Waals surface area (Å²) >= 11 is 0. The molecule has 1 aromatic heterocycles. The maximum absolute atomic E-state index is 12.1. The molecule has 8 heteroatoms. The molecular weight excluding hydrogens is 440 g/mol. The van der Waals surface area contributed by atoms with Gasteiger partial charge in [-0.25, -0.2) is 0 Å². The number of ether oxygens (including phenoxy) is 1. The first-order chi connectivity index (χ1) is 17.2. The van der Waals surface area contributed by atoms with Gasteiger partial charge in [-0.05, 0) is 42.5 Å². The molecule has 0 spiro atoms. The summed E-state index contributed by atoms with van der Waals surface area (Å²) in [7, 11) is 1.65. The van der Waals surface area contributed by atoms with E-state index in [-0.39, 0.29) is 5.78 Å². The van der Waals surface area contributed by atoms with Crippen molar-refractivity contribution in [3.05, 3.63) is 65.7 Å². The van der Waals surface area contributed by atoms with Crippen molar-refractivity contribution in [2.24, 2.45) is 0 Å². The lowest BCUT2D eigenvalue weighted by atomic mass is 10.1. The number of Topliss-reactive ketones (excluding diaryl/α,β-unsaturated/α-hetero) is 1. The van der Waals surface area contributed by atoms with Gasteiger partial charge in [0.1, 0.15) is 5.78 Å². The predicted molar refractivity (Wildman–Crippen MR) is 141 cm³/mol. The molecular formula is C27H36N6O2. The van der Waals surface area contributed by atoms with E-state index >= 15 is 0 Å². The number of benzene rings is 2. The molecule has 0 amide bonds. The van der Waals surface area contributed by atoms with Crippen LogP contribution in [-0.2, 0) is 22.4 Å². The van der Waals surface area contributed by atoms with Gasteiger partial charge in [0.15, 0.2) is 0 Å². The molecule has 0 unspecified atom stereocenters. The Kier molecular flexibility index (Phi) is 10.9. The number of nitrogens with one attached hydrogen (secondary N) is 3. The summed E-state index contributed by atoms with van der Waals surface area (Å²) in [6.45, 7) is 4.28. The number of nitrogens with zero attached hydrogens (tertiary/aromatic N) is 3. The fraction of sp³-hybridized carbons (Fsp3) is 0.407. The molecule has 3 rings (SSSR count). The molecule has 0 saturated heterocycles. The normalized spacial score (nSPS) is 10.7. The Balaban J connectivity index is 1.62. The minimum Gasteiger partial charge on any atom is -0.385 e. The van der Waals surface area contributed by atoms with Crippen LogP contribution in [0.1, 0.15) is 43.7 Å². The minimum absolute atomic E-state index is 0.217. The van der Waals surface area contributed by atoms with Gasteiger partial charge in [0.2, 0.25) is 17.8 Å². The number of carbonyl (C=O) groups is 1. The Morgan fingerprint density at radius 3 is 2.20 bits per heavy atom. The number of hydrogen-bond acceptors (Lipinski definition) is 8. The van der Waals surface area contributed by atoms with Crippen molar-refractivity contribution < 1.29 is 9.53 Å². The molecule has 35 heavy (non-hydrogen) atoms. The average Bonchev–Trinajstić information content (AvgIpc) is 2.86. The molecule has 0 fully saturated rings. The molecule has 0 aliphatic heterocycles. The zero-order valence-corrected chi connectivity index (χ0v) is 20.7. The van der Waals surface area contributed by atoms with Gasteiger partial charge in [0, 0.05) is 45.3 Å². The molecule has 1 heterocycles. The van der Waals surface area contributed by atoms with Gasteiger partial charge in [0.05, 0.1) is 0 Å². The maximum atomic E-state index is 12.1. The second-order valence-corrected chi connectivity index (χ2v) is 8.38. The zero-order valence-electron chi connectivity index (χ0n) is 20.7. The Morgan fingerprint density at radius 2 is 1.51 bits per heavy atom. The van der Waals surface area contributed by atoms with Crippen molar-refractivity contribution >= 4 is 29.3 Å². The van der Waals surface area contributed by atoms with Crippen molar-refractivity contribution in [2.45, 2.75) is 45.4 Å². The first-order valence-corrected chi connectivity index (χ1v) is 12.3. The van der Waals surface area contributed by atoms with Gasteiger partial charge in [-0.3, -0.25) is 4.79 Å². The van der Waals surface area contributed by atoms with Crippen molar-refractivity contribution in [1.82, 2.24) is 15.0 Å². The van der Waals surface area contributed by atoms with E-state index < -0.39 is 0 Å². The second kappa shape index (κ2) is 14.7. The maximum Gasteiger partial charge on any atom is 0.233 e. The number of hydrogen-bond donors (Lipinski definition) is 3. The fourth-order valence-electron chi connectivity index (χ4n) is 3.50. The van der Waals surface area contributed by atoms with E-state index in [0.717, 1.165) is 50.0 Å². The summed E-state index contributed by atoms with van der Waals surface area (Å²) in [5.74, 6) is 1.74. The number of anilines is 4. The van der Waals surface area contributed by atoms with E-state index in [1.54, 1.807) is 7.11 Å². The van der Waals surface area contributed by atoms with Gasteiger partial charge in [-0.2, -0.15) is 15.0 Å². The van der Waals surface area contributed by atoms with Crippen LogP contribution in [0.2, 0.25) is 0 Å². The van der Waals surface area contributed by atoms with Gasteiger partial charge < -0.3 is 20.7 Å². The molecule has 0 bridgehead atoms. The van der Waals surface area contributed by atoms with Gasteiger partial charge >= 0.3 is 0 Å². The highest BCUT2D eigenvalue weighted by Crippen LogP contribution is 2.17. The largest absolute Gasteiger partial charge is 0.385 e. The quantitative estimate of drug-likeness (QED) is 0.248. The number of methoxy groups -OCH3 is 1. The molecule has 186 valence electrons. The van der Waals surface area contributed by atoms with E-state index in [9.17, 15) is 4.79 Å². The molecule has 0 aliphatic carbocycles. The van der Waals surface area contributed by atoms with Gasteiger partial charge in [-0.15, -0.1) is 0 Å². The lowest BCUT2D eigenvalue weighted by molar-refractivity contribution is -0.118. The van der Waals surface area contributed by atoms with Crippen LogP contribution in [0.15, 0.2) is 54.6 Å². The Morgan fingerprint density at radius 1 is 0.829 bits per heavy atom. The Bertz CT molecular complexity index is 1030. The Hall–Kier alpha value is -3.52. The number of ketones is 1. The van der Waals surface area contributed by atoms with Crippen LogP contribution in [0.4, 0.5) is 23.5 Å². The topological polar surface area (TPSA) is 101 Å². The molecule has 0 atom stereocenters. The summed E-state index contributed by atoms with van der Waals surface area (Å²) in [4.78, 5) is 25.7. The van der Waals surface area contributed by atoms with Crippen LogP contribution < -0.4 is 16.0 Å². The van der Waals surface area contributed by atoms with Crippen molar-refractivity contribution in [1.29, 1.82) is 0 Å². The van der Waals surface area contributed by atoms with Crippen LogP contribution in [0.5, 0.6) is 0 Å². The van der Waals surface area contributed by atoms with Crippen molar-refractivity contribution in [3.8, 4) is 0 Å². The van der Waals surface area contributed by atoms with Crippen molar-refractivity contribution in [2.75, 3.05) is 42.8 Å². The molecule has 8 nitrogen and oxygen atoms in total. The highest BCUT2D eigenvalue weighted by atomic mass is 16.5. The van der Waals surface area contributed by atoms with Crippen LogP contribution in [0, 0.1) is 0 Å². The van der Waals surface area contributed by atoms with Gasteiger partial charge in [-0.1, -0.05) is 55.8 Å². The smallest absolute Gasteiger partial charge is 0.233 e. The summed E-state index contributed by atoms with van der Waals surface area (Å²) in [6.07, 6.45) is 4.72. The summed E-state index contributed by atoms with van der Waals surface area (Å²) < 4.78 is 5.01. The van der Waals surface area contributed by atoms with Crippen LogP contribution in [-0.4, -0.2) is 47.5 Å². The van der Waals surface area contributed by atoms with E-state index in [1.165, 1.54) is 5.56 Å². The fourth-order valence-corrected chi connectivity index (χ4v) is 3.50. The third-order valence-corrected chi connectivity index (χ3v) is 5.40. The molecule has 0 saturated carbocycles. The summed E-state index contributed by atoms with van der Waals surface area (Å²) in [5, 5.41) is 9.86. The molecule has 3 aromatic rings. The number of carbonyl (C=O) groups excluding carboxylic acids is 1. The van der Waals surface area contributed by atoms with Gasteiger partial charge in [0.25, 0.3) is 0 Å². The summed E-state index contributed by atoms with van der Waals surface area (Å²) in [5.41, 5.74) is 3.09. The number of aromatic nitrogens is 3. The van der Waals surface area contributed by atoms with E-state index in [0.29, 0.717) is 37.3 Å². The van der Waals surface area contributed by atoms with Crippen LogP contribution >= 0.6 is 0 Å². The molecule has 0 aliphatic rings. The van der Waals surface area contributed by atoms with E-state index in [1.807, 2.05) is 42.5 Å². The molecule has 2 aromatic carbocycles. The average molecular weight is 477 g/mol. The molecule has 3 N–H and O–H groups in total. The van der Waals surface area contributed by atoms with Crippen LogP contribution in [0.3, 0.4) is 0 Å². The SMILES string of the molecule is CCCCNc1nc(NCCc2ccccc2)nc(Nc2ccc(CC(=O)CCCOC)cc2)n1. The highest BCUT2D eigenvalue weighted by molar-refractivity contribution is 5.81. The lowest BCUT2D eigenvalue weighted by Gasteiger charge is -2.12.